The zero-order chi connectivity index (χ0) is 8.93. The highest BCUT2D eigenvalue weighted by molar-refractivity contribution is 5.53. The lowest BCUT2D eigenvalue weighted by atomic mass is 10.2. The van der Waals surface area contributed by atoms with Gasteiger partial charge < -0.3 is 0 Å². The van der Waals surface area contributed by atoms with E-state index in [9.17, 15) is 13.2 Å². The molecule has 1 aliphatic carbocycles. The topological polar surface area (TPSA) is 0 Å². The van der Waals surface area contributed by atoms with Gasteiger partial charge in [-0.1, -0.05) is 13.0 Å². The van der Waals surface area contributed by atoms with Crippen molar-refractivity contribution in [1.82, 2.24) is 0 Å². The van der Waals surface area contributed by atoms with Crippen LogP contribution in [0, 0.1) is 0 Å². The van der Waals surface area contributed by atoms with E-state index >= 15 is 0 Å². The zero-order valence-electron chi connectivity index (χ0n) is 6.44. The summed E-state index contributed by atoms with van der Waals surface area (Å²) in [5, 5.41) is 0. The van der Waals surface area contributed by atoms with Crippen molar-refractivity contribution >= 4 is 0 Å². The van der Waals surface area contributed by atoms with Gasteiger partial charge in [0, 0.05) is 5.92 Å². The number of hydrogen-bond donors (Lipinski definition) is 0. The van der Waals surface area contributed by atoms with Crippen LogP contribution in [0.2, 0.25) is 0 Å². The van der Waals surface area contributed by atoms with Gasteiger partial charge in [0.1, 0.15) is 0 Å². The molecule has 0 saturated carbocycles. The maximum Gasteiger partial charge on any atom is 0.416 e. The Labute approximate surface area is 68.0 Å². The summed E-state index contributed by atoms with van der Waals surface area (Å²) in [5.74, 6) is 0.237. The lowest BCUT2D eigenvalue weighted by molar-refractivity contribution is -0.137. The average molecular weight is 172 g/mol. The molecular formula is C9H7F3. The Kier molecular flexibility index (Phi) is 1.29. The van der Waals surface area contributed by atoms with Crippen LogP contribution in [-0.4, -0.2) is 0 Å². The molecule has 1 atom stereocenters. The van der Waals surface area contributed by atoms with Crippen molar-refractivity contribution in [3.8, 4) is 0 Å². The number of benzene rings is 1. The van der Waals surface area contributed by atoms with E-state index in [0.717, 1.165) is 17.2 Å². The van der Waals surface area contributed by atoms with Gasteiger partial charge in [-0.3, -0.25) is 0 Å². The van der Waals surface area contributed by atoms with Gasteiger partial charge in [0.05, 0.1) is 5.56 Å². The van der Waals surface area contributed by atoms with Gasteiger partial charge in [-0.15, -0.1) is 0 Å². The van der Waals surface area contributed by atoms with Gasteiger partial charge >= 0.3 is 6.18 Å². The molecule has 64 valence electrons. The van der Waals surface area contributed by atoms with Gasteiger partial charge in [-0.05, 0) is 23.3 Å². The van der Waals surface area contributed by atoms with E-state index in [1.807, 2.05) is 6.92 Å². The first-order chi connectivity index (χ1) is 5.50. The molecule has 0 aromatic heterocycles. The summed E-state index contributed by atoms with van der Waals surface area (Å²) in [5.41, 5.74) is 1.35. The first kappa shape index (κ1) is 7.65. The highest BCUT2D eigenvalue weighted by Gasteiger charge is 2.35. The lowest BCUT2D eigenvalue weighted by Crippen LogP contribution is -2.03. The van der Waals surface area contributed by atoms with Gasteiger partial charge in [0.2, 0.25) is 0 Å². The Morgan fingerprint density at radius 2 is 1.83 bits per heavy atom. The number of halogens is 3. The summed E-state index contributed by atoms with van der Waals surface area (Å²) in [7, 11) is 0. The summed E-state index contributed by atoms with van der Waals surface area (Å²) in [6, 6.07) is 3.94. The van der Waals surface area contributed by atoms with Crippen LogP contribution in [0.25, 0.3) is 0 Å². The number of hydrogen-bond acceptors (Lipinski definition) is 0. The lowest BCUT2D eigenvalue weighted by Gasteiger charge is -2.03. The molecule has 3 heteroatoms. The summed E-state index contributed by atoms with van der Waals surface area (Å²) in [6.07, 6.45) is -4.20. The van der Waals surface area contributed by atoms with E-state index in [0.29, 0.717) is 0 Å². The quantitative estimate of drug-likeness (QED) is 0.563. The van der Waals surface area contributed by atoms with Crippen molar-refractivity contribution in [3.05, 3.63) is 34.9 Å². The molecule has 0 saturated heterocycles. The largest absolute Gasteiger partial charge is 0.416 e. The van der Waals surface area contributed by atoms with Crippen molar-refractivity contribution in [2.75, 3.05) is 0 Å². The molecule has 0 aliphatic heterocycles. The van der Waals surface area contributed by atoms with Crippen molar-refractivity contribution in [1.29, 1.82) is 0 Å². The van der Waals surface area contributed by atoms with Crippen molar-refractivity contribution in [2.45, 2.75) is 19.0 Å². The Morgan fingerprint density at radius 3 is 2.33 bits per heavy atom. The molecule has 1 aromatic carbocycles. The first-order valence-corrected chi connectivity index (χ1v) is 3.71. The van der Waals surface area contributed by atoms with Crippen LogP contribution in [0.3, 0.4) is 0 Å². The highest BCUT2D eigenvalue weighted by atomic mass is 19.4. The molecule has 0 bridgehead atoms. The minimum Gasteiger partial charge on any atom is -0.166 e. The van der Waals surface area contributed by atoms with Crippen molar-refractivity contribution in [2.24, 2.45) is 0 Å². The van der Waals surface area contributed by atoms with E-state index in [4.69, 9.17) is 0 Å². The molecular weight excluding hydrogens is 165 g/mol. The second kappa shape index (κ2) is 2.03. The number of rotatable bonds is 0. The van der Waals surface area contributed by atoms with Crippen LogP contribution < -0.4 is 0 Å². The standard InChI is InChI=1S/C9H7F3/c1-5-7-3-2-6(4-8(5)7)9(10,11)12/h2-5H,1H3. The van der Waals surface area contributed by atoms with E-state index in [2.05, 4.69) is 0 Å². The summed E-state index contributed by atoms with van der Waals surface area (Å²) >= 11 is 0. The Morgan fingerprint density at radius 1 is 1.17 bits per heavy atom. The Bertz CT molecular complexity index is 325. The molecule has 0 heterocycles. The Balaban J connectivity index is 2.40. The third-order valence-electron chi connectivity index (χ3n) is 2.26. The van der Waals surface area contributed by atoms with E-state index < -0.39 is 11.7 Å². The maximum absolute atomic E-state index is 12.1. The van der Waals surface area contributed by atoms with Gasteiger partial charge in [0.15, 0.2) is 0 Å². The predicted molar refractivity (Wildman–Crippen MR) is 39.0 cm³/mol. The summed E-state index contributed by atoms with van der Waals surface area (Å²) in [4.78, 5) is 0. The zero-order valence-corrected chi connectivity index (χ0v) is 6.44. The summed E-state index contributed by atoms with van der Waals surface area (Å²) in [6.45, 7) is 1.91. The molecule has 0 amide bonds. The molecule has 1 aliphatic rings. The van der Waals surface area contributed by atoms with Crippen LogP contribution in [0.15, 0.2) is 18.2 Å². The predicted octanol–water partition coefficient (Wildman–Crippen LogP) is 3.17. The van der Waals surface area contributed by atoms with Crippen LogP contribution in [0.4, 0.5) is 13.2 Å². The molecule has 12 heavy (non-hydrogen) atoms. The minimum atomic E-state index is -4.20. The molecule has 0 nitrogen and oxygen atoms in total. The highest BCUT2D eigenvalue weighted by Crippen LogP contribution is 2.45. The maximum atomic E-state index is 12.1. The van der Waals surface area contributed by atoms with E-state index in [1.54, 1.807) is 6.07 Å². The second-order valence-electron chi connectivity index (χ2n) is 3.06. The second-order valence-corrected chi connectivity index (χ2v) is 3.06. The summed E-state index contributed by atoms with van der Waals surface area (Å²) < 4.78 is 36.4. The van der Waals surface area contributed by atoms with Gasteiger partial charge in [-0.2, -0.15) is 13.2 Å². The van der Waals surface area contributed by atoms with Crippen molar-refractivity contribution in [3.63, 3.8) is 0 Å². The first-order valence-electron chi connectivity index (χ1n) is 3.71. The molecule has 0 spiro atoms. The molecule has 1 unspecified atom stereocenters. The Hall–Kier alpha value is -0.990. The third-order valence-corrected chi connectivity index (χ3v) is 2.26. The van der Waals surface area contributed by atoms with Crippen LogP contribution in [0.5, 0.6) is 0 Å². The third kappa shape index (κ3) is 1.00. The van der Waals surface area contributed by atoms with Crippen LogP contribution >= 0.6 is 0 Å². The fourth-order valence-electron chi connectivity index (χ4n) is 1.40. The smallest absolute Gasteiger partial charge is 0.166 e. The van der Waals surface area contributed by atoms with E-state index in [-0.39, 0.29) is 5.92 Å². The fourth-order valence-corrected chi connectivity index (χ4v) is 1.40. The molecule has 0 fully saturated rings. The minimum absolute atomic E-state index is 0.237. The molecule has 0 radical (unpaired) electrons. The van der Waals surface area contributed by atoms with Crippen LogP contribution in [0.1, 0.15) is 29.5 Å². The van der Waals surface area contributed by atoms with Gasteiger partial charge in [0.25, 0.3) is 0 Å². The average Bonchev–Trinajstić information content (AvgIpc) is 2.61. The number of fused-ring (bicyclic) bond motifs is 1. The molecule has 1 aromatic rings. The van der Waals surface area contributed by atoms with Gasteiger partial charge in [-0.25, -0.2) is 0 Å². The van der Waals surface area contributed by atoms with Crippen molar-refractivity contribution < 1.29 is 13.2 Å². The number of alkyl halides is 3. The fraction of sp³-hybridized carbons (Fsp3) is 0.333. The van der Waals surface area contributed by atoms with Crippen LogP contribution in [-0.2, 0) is 6.18 Å². The SMILES string of the molecule is CC1c2ccc(C(F)(F)F)cc21. The molecule has 2 rings (SSSR count). The molecule has 0 N–H and O–H groups in total. The monoisotopic (exact) mass is 172 g/mol. The van der Waals surface area contributed by atoms with E-state index in [1.165, 1.54) is 6.07 Å². The normalized spacial score (nSPS) is 20.5.